The Bertz CT molecular complexity index is 806. The Hall–Kier alpha value is -2.26. The number of nitrogens with zero attached hydrogens (tertiary/aromatic N) is 2. The van der Waals surface area contributed by atoms with E-state index in [1.165, 1.54) is 11.2 Å². The lowest BCUT2D eigenvalue weighted by Crippen LogP contribution is -2.52. The number of hydrogen-bond acceptors (Lipinski definition) is 5. The van der Waals surface area contributed by atoms with Gasteiger partial charge in [0.2, 0.25) is 10.0 Å². The number of pyridine rings is 1. The lowest BCUT2D eigenvalue weighted by Gasteiger charge is -2.29. The van der Waals surface area contributed by atoms with E-state index >= 15 is 0 Å². The molecule has 1 saturated heterocycles. The minimum absolute atomic E-state index is 0.222. The quantitative estimate of drug-likeness (QED) is 0.749. The summed E-state index contributed by atoms with van der Waals surface area (Å²) in [6.45, 7) is 1.94. The zero-order chi connectivity index (χ0) is 17.4. The highest BCUT2D eigenvalue weighted by molar-refractivity contribution is 7.89. The summed E-state index contributed by atoms with van der Waals surface area (Å²) in [6, 6.07) is 4.92. The SMILES string of the molecule is C[C@]1(CS(=O)(=O)N2CC=C(c3ccccn3)CC2)NC(=O)NC1=O. The number of imide groups is 1. The molecule has 2 N–H and O–H groups in total. The first-order chi connectivity index (χ1) is 11.3. The highest BCUT2D eigenvalue weighted by atomic mass is 32.2. The third-order valence-electron chi connectivity index (χ3n) is 4.15. The van der Waals surface area contributed by atoms with Crippen molar-refractivity contribution in [1.29, 1.82) is 0 Å². The van der Waals surface area contributed by atoms with Crippen LogP contribution in [0, 0.1) is 0 Å². The molecule has 2 aliphatic heterocycles. The number of aromatic nitrogens is 1. The number of amides is 3. The summed E-state index contributed by atoms with van der Waals surface area (Å²) in [5.41, 5.74) is 0.394. The Morgan fingerprint density at radius 1 is 1.33 bits per heavy atom. The van der Waals surface area contributed by atoms with Gasteiger partial charge in [0.25, 0.3) is 5.91 Å². The van der Waals surface area contributed by atoms with Crippen LogP contribution in [0.4, 0.5) is 4.79 Å². The molecular formula is C15H18N4O4S. The maximum atomic E-state index is 12.6. The summed E-state index contributed by atoms with van der Waals surface area (Å²) in [5.74, 6) is -1.09. The molecule has 2 aliphatic rings. The number of sulfonamides is 1. The summed E-state index contributed by atoms with van der Waals surface area (Å²) in [4.78, 5) is 27.3. The first-order valence-corrected chi connectivity index (χ1v) is 9.13. The molecule has 1 aromatic heterocycles. The largest absolute Gasteiger partial charge is 0.322 e. The van der Waals surface area contributed by atoms with Gasteiger partial charge in [-0.15, -0.1) is 0 Å². The van der Waals surface area contributed by atoms with E-state index < -0.39 is 33.3 Å². The molecule has 3 heterocycles. The van der Waals surface area contributed by atoms with Crippen LogP contribution in [0.15, 0.2) is 30.5 Å². The van der Waals surface area contributed by atoms with E-state index in [0.717, 1.165) is 11.3 Å². The lowest BCUT2D eigenvalue weighted by atomic mass is 10.1. The molecular weight excluding hydrogens is 332 g/mol. The van der Waals surface area contributed by atoms with E-state index in [4.69, 9.17) is 0 Å². The number of urea groups is 1. The van der Waals surface area contributed by atoms with Gasteiger partial charge in [-0.05, 0) is 31.1 Å². The van der Waals surface area contributed by atoms with Crippen LogP contribution < -0.4 is 10.6 Å². The third-order valence-corrected chi connectivity index (χ3v) is 6.21. The van der Waals surface area contributed by atoms with Gasteiger partial charge in [0.1, 0.15) is 5.54 Å². The summed E-state index contributed by atoms with van der Waals surface area (Å²) in [5, 5.41) is 4.45. The number of carbonyl (C=O) groups is 2. The van der Waals surface area contributed by atoms with Crippen molar-refractivity contribution in [3.63, 3.8) is 0 Å². The van der Waals surface area contributed by atoms with Gasteiger partial charge < -0.3 is 5.32 Å². The van der Waals surface area contributed by atoms with E-state index in [1.54, 1.807) is 6.20 Å². The van der Waals surface area contributed by atoms with Crippen molar-refractivity contribution in [2.75, 3.05) is 18.8 Å². The monoisotopic (exact) mass is 350 g/mol. The summed E-state index contributed by atoms with van der Waals surface area (Å²) >= 11 is 0. The summed E-state index contributed by atoms with van der Waals surface area (Å²) < 4.78 is 26.5. The second-order valence-corrected chi connectivity index (χ2v) is 8.02. The molecule has 9 heteroatoms. The Labute approximate surface area is 140 Å². The Morgan fingerprint density at radius 2 is 2.12 bits per heavy atom. The van der Waals surface area contributed by atoms with Gasteiger partial charge in [-0.2, -0.15) is 4.31 Å². The summed E-state index contributed by atoms with van der Waals surface area (Å²) in [7, 11) is -3.69. The fourth-order valence-corrected chi connectivity index (χ4v) is 4.61. The van der Waals surface area contributed by atoms with Gasteiger partial charge in [-0.3, -0.25) is 15.1 Å². The van der Waals surface area contributed by atoms with E-state index in [2.05, 4.69) is 15.6 Å². The Morgan fingerprint density at radius 3 is 2.67 bits per heavy atom. The Kier molecular flexibility index (Phi) is 4.14. The van der Waals surface area contributed by atoms with Gasteiger partial charge in [0.05, 0.1) is 11.4 Å². The van der Waals surface area contributed by atoms with Crippen molar-refractivity contribution < 1.29 is 18.0 Å². The smallest absolute Gasteiger partial charge is 0.322 e. The molecule has 24 heavy (non-hydrogen) atoms. The normalized spacial score (nSPS) is 25.1. The maximum absolute atomic E-state index is 12.6. The predicted octanol–water partition coefficient (Wildman–Crippen LogP) is 0.0986. The van der Waals surface area contributed by atoms with Crippen molar-refractivity contribution in [1.82, 2.24) is 19.9 Å². The van der Waals surface area contributed by atoms with Crippen molar-refractivity contribution in [2.45, 2.75) is 18.9 Å². The van der Waals surface area contributed by atoms with Gasteiger partial charge >= 0.3 is 6.03 Å². The molecule has 3 rings (SSSR count). The average molecular weight is 350 g/mol. The molecule has 3 amide bonds. The fourth-order valence-electron chi connectivity index (χ4n) is 2.83. The number of hydrogen-bond donors (Lipinski definition) is 2. The van der Waals surface area contributed by atoms with Crippen LogP contribution in [0.5, 0.6) is 0 Å². The van der Waals surface area contributed by atoms with Crippen molar-refractivity contribution in [3.05, 3.63) is 36.2 Å². The molecule has 0 radical (unpaired) electrons. The highest BCUT2D eigenvalue weighted by Crippen LogP contribution is 2.24. The molecule has 1 fully saturated rings. The minimum atomic E-state index is -3.69. The van der Waals surface area contributed by atoms with Crippen LogP contribution in [-0.4, -0.2) is 54.0 Å². The second kappa shape index (κ2) is 5.99. The second-order valence-electron chi connectivity index (χ2n) is 6.05. The number of rotatable bonds is 4. The van der Waals surface area contributed by atoms with Crippen molar-refractivity contribution in [2.24, 2.45) is 0 Å². The molecule has 8 nitrogen and oxygen atoms in total. The number of carbonyl (C=O) groups excluding carboxylic acids is 2. The van der Waals surface area contributed by atoms with Gasteiger partial charge in [-0.1, -0.05) is 12.1 Å². The van der Waals surface area contributed by atoms with Gasteiger partial charge in [-0.25, -0.2) is 13.2 Å². The van der Waals surface area contributed by atoms with Crippen LogP contribution in [0.1, 0.15) is 19.0 Å². The standard InChI is InChI=1S/C15H18N4O4S/c1-15(13(20)17-14(21)18-15)10-24(22,23)19-8-5-11(6-9-19)12-4-2-3-7-16-12/h2-5,7H,6,8-10H2,1H3,(H2,17,18,20,21)/t15-/m1/s1. The van der Waals surface area contributed by atoms with Crippen LogP contribution in [0.2, 0.25) is 0 Å². The molecule has 128 valence electrons. The molecule has 0 spiro atoms. The number of nitrogens with one attached hydrogen (secondary N) is 2. The van der Waals surface area contributed by atoms with E-state index in [1.807, 2.05) is 24.3 Å². The zero-order valence-corrected chi connectivity index (χ0v) is 14.0. The molecule has 0 bridgehead atoms. The van der Waals surface area contributed by atoms with Crippen LogP contribution in [0.3, 0.4) is 0 Å². The van der Waals surface area contributed by atoms with Crippen molar-refractivity contribution >= 4 is 27.5 Å². The first kappa shape index (κ1) is 16.6. The average Bonchev–Trinajstić information content (AvgIpc) is 2.79. The van der Waals surface area contributed by atoms with E-state index in [-0.39, 0.29) is 6.54 Å². The Balaban J connectivity index is 1.72. The van der Waals surface area contributed by atoms with Crippen LogP contribution in [0.25, 0.3) is 5.57 Å². The van der Waals surface area contributed by atoms with Crippen LogP contribution >= 0.6 is 0 Å². The molecule has 0 aliphatic carbocycles. The molecule has 1 atom stereocenters. The highest BCUT2D eigenvalue weighted by Gasteiger charge is 2.46. The summed E-state index contributed by atoms with van der Waals surface area (Å²) in [6.07, 6.45) is 4.08. The molecule has 0 saturated carbocycles. The van der Waals surface area contributed by atoms with E-state index in [0.29, 0.717) is 13.0 Å². The minimum Gasteiger partial charge on any atom is -0.322 e. The topological polar surface area (TPSA) is 108 Å². The van der Waals surface area contributed by atoms with Gasteiger partial charge in [0.15, 0.2) is 0 Å². The zero-order valence-electron chi connectivity index (χ0n) is 13.2. The fraction of sp³-hybridized carbons (Fsp3) is 0.400. The van der Waals surface area contributed by atoms with Crippen molar-refractivity contribution in [3.8, 4) is 0 Å². The molecule has 0 unspecified atom stereocenters. The van der Waals surface area contributed by atoms with Crippen LogP contribution in [-0.2, 0) is 14.8 Å². The molecule has 0 aromatic carbocycles. The predicted molar refractivity (Wildman–Crippen MR) is 87.3 cm³/mol. The third kappa shape index (κ3) is 3.17. The first-order valence-electron chi connectivity index (χ1n) is 7.52. The van der Waals surface area contributed by atoms with E-state index in [9.17, 15) is 18.0 Å². The van der Waals surface area contributed by atoms with Gasteiger partial charge in [0, 0.05) is 19.3 Å². The maximum Gasteiger partial charge on any atom is 0.322 e. The lowest BCUT2D eigenvalue weighted by molar-refractivity contribution is -0.122. The molecule has 1 aromatic rings.